The van der Waals surface area contributed by atoms with E-state index >= 15 is 0 Å². The second kappa shape index (κ2) is 7.49. The Morgan fingerprint density at radius 2 is 2.06 bits per heavy atom. The van der Waals surface area contributed by atoms with Gasteiger partial charge in [0.2, 0.25) is 0 Å². The Labute approximate surface area is 119 Å². The van der Waals surface area contributed by atoms with Gasteiger partial charge in [-0.25, -0.2) is 0 Å². The fraction of sp³-hybridized carbons (Fsp3) is 0.714. The third-order valence-corrected chi connectivity index (χ3v) is 4.77. The van der Waals surface area contributed by atoms with Gasteiger partial charge in [0, 0.05) is 19.1 Å². The molecule has 1 aromatic heterocycles. The highest BCUT2D eigenvalue weighted by Crippen LogP contribution is 2.24. The van der Waals surface area contributed by atoms with E-state index in [-0.39, 0.29) is 0 Å². The molecular weight excluding hydrogens is 264 g/mol. The molecule has 1 aliphatic heterocycles. The quantitative estimate of drug-likeness (QED) is 0.882. The van der Waals surface area contributed by atoms with Crippen molar-refractivity contribution < 1.29 is 0 Å². The Hall–Kier alpha value is -0.0900. The summed E-state index contributed by atoms with van der Waals surface area (Å²) in [5, 5.41) is 5.73. The highest BCUT2D eigenvalue weighted by Gasteiger charge is 2.10. The van der Waals surface area contributed by atoms with Gasteiger partial charge in [0.15, 0.2) is 0 Å². The van der Waals surface area contributed by atoms with E-state index in [1.165, 1.54) is 50.9 Å². The molecule has 1 fully saturated rings. The van der Waals surface area contributed by atoms with Crippen molar-refractivity contribution in [1.29, 1.82) is 0 Å². The number of halogens is 1. The first-order valence-electron chi connectivity index (χ1n) is 6.95. The predicted octanol–water partition coefficient (Wildman–Crippen LogP) is 3.93. The number of nitrogens with one attached hydrogen (secondary N) is 1. The Morgan fingerprint density at radius 1 is 1.33 bits per heavy atom. The molecule has 1 unspecified atom stereocenters. The van der Waals surface area contributed by atoms with Gasteiger partial charge in [-0.15, -0.1) is 11.3 Å². The molecule has 0 spiro atoms. The maximum atomic E-state index is 5.96. The molecule has 18 heavy (non-hydrogen) atoms. The Balaban J connectivity index is 1.68. The van der Waals surface area contributed by atoms with Gasteiger partial charge >= 0.3 is 0 Å². The highest BCUT2D eigenvalue weighted by molar-refractivity contribution is 7.14. The first-order chi connectivity index (χ1) is 8.75. The van der Waals surface area contributed by atoms with Crippen molar-refractivity contribution >= 4 is 22.9 Å². The van der Waals surface area contributed by atoms with Crippen LogP contribution in [0.1, 0.15) is 44.2 Å². The molecule has 2 rings (SSSR count). The molecule has 1 aliphatic rings. The molecule has 2 nitrogen and oxygen atoms in total. The molecule has 0 bridgehead atoms. The summed E-state index contributed by atoms with van der Waals surface area (Å²) in [5.74, 6) is 0. The van der Waals surface area contributed by atoms with E-state index in [0.29, 0.717) is 6.04 Å². The van der Waals surface area contributed by atoms with Gasteiger partial charge in [-0.05, 0) is 49.9 Å². The molecule has 0 aliphatic carbocycles. The molecule has 0 radical (unpaired) electrons. The molecule has 0 saturated carbocycles. The minimum absolute atomic E-state index is 0.403. The minimum atomic E-state index is 0.403. The SMILES string of the molecule is CC(NCCN1CCCCCC1)c1csc(Cl)c1. The lowest BCUT2D eigenvalue weighted by Crippen LogP contribution is -2.33. The summed E-state index contributed by atoms with van der Waals surface area (Å²) in [5.41, 5.74) is 1.31. The number of rotatable bonds is 5. The van der Waals surface area contributed by atoms with Crippen LogP contribution in [0.3, 0.4) is 0 Å². The Kier molecular flexibility index (Phi) is 5.96. The monoisotopic (exact) mass is 286 g/mol. The van der Waals surface area contributed by atoms with E-state index in [4.69, 9.17) is 11.6 Å². The average Bonchev–Trinajstić information content (AvgIpc) is 2.63. The third kappa shape index (κ3) is 4.54. The molecule has 1 N–H and O–H groups in total. The van der Waals surface area contributed by atoms with Crippen molar-refractivity contribution in [2.75, 3.05) is 26.2 Å². The average molecular weight is 287 g/mol. The first-order valence-corrected chi connectivity index (χ1v) is 8.21. The van der Waals surface area contributed by atoms with Crippen LogP contribution in [0.15, 0.2) is 11.4 Å². The molecule has 1 aromatic rings. The molecule has 0 amide bonds. The molecule has 0 aromatic carbocycles. The van der Waals surface area contributed by atoms with Gasteiger partial charge < -0.3 is 10.2 Å². The summed E-state index contributed by atoms with van der Waals surface area (Å²) in [4.78, 5) is 2.59. The van der Waals surface area contributed by atoms with Crippen LogP contribution < -0.4 is 5.32 Å². The van der Waals surface area contributed by atoms with E-state index in [0.717, 1.165) is 10.9 Å². The molecule has 1 atom stereocenters. The van der Waals surface area contributed by atoms with Crippen molar-refractivity contribution in [3.05, 3.63) is 21.3 Å². The van der Waals surface area contributed by atoms with Crippen LogP contribution in [0.5, 0.6) is 0 Å². The number of nitrogens with zero attached hydrogens (tertiary/aromatic N) is 1. The van der Waals surface area contributed by atoms with E-state index in [1.807, 2.05) is 0 Å². The summed E-state index contributed by atoms with van der Waals surface area (Å²) in [7, 11) is 0. The van der Waals surface area contributed by atoms with Crippen LogP contribution in [0.25, 0.3) is 0 Å². The van der Waals surface area contributed by atoms with Crippen molar-refractivity contribution in [2.45, 2.75) is 38.6 Å². The van der Waals surface area contributed by atoms with Gasteiger partial charge in [-0.1, -0.05) is 24.4 Å². The zero-order valence-electron chi connectivity index (χ0n) is 11.1. The summed E-state index contributed by atoms with van der Waals surface area (Å²) >= 11 is 7.57. The van der Waals surface area contributed by atoms with Crippen molar-refractivity contribution in [1.82, 2.24) is 10.2 Å². The summed E-state index contributed by atoms with van der Waals surface area (Å²) in [6, 6.07) is 2.47. The maximum absolute atomic E-state index is 5.96. The maximum Gasteiger partial charge on any atom is 0.0931 e. The Bertz CT molecular complexity index is 345. The molecule has 102 valence electrons. The van der Waals surface area contributed by atoms with Crippen molar-refractivity contribution in [3.63, 3.8) is 0 Å². The molecular formula is C14H23ClN2S. The van der Waals surface area contributed by atoms with E-state index in [9.17, 15) is 0 Å². The van der Waals surface area contributed by atoms with E-state index in [1.54, 1.807) is 11.3 Å². The molecule has 4 heteroatoms. The fourth-order valence-corrected chi connectivity index (χ4v) is 3.45. The second-order valence-electron chi connectivity index (χ2n) is 5.12. The van der Waals surface area contributed by atoms with Gasteiger partial charge in [-0.3, -0.25) is 0 Å². The van der Waals surface area contributed by atoms with Crippen LogP contribution in [-0.4, -0.2) is 31.1 Å². The van der Waals surface area contributed by atoms with Crippen LogP contribution in [0.4, 0.5) is 0 Å². The summed E-state index contributed by atoms with van der Waals surface area (Å²) < 4.78 is 0.881. The van der Waals surface area contributed by atoms with Crippen LogP contribution in [0, 0.1) is 0 Å². The van der Waals surface area contributed by atoms with E-state index in [2.05, 4.69) is 28.6 Å². The summed E-state index contributed by atoms with van der Waals surface area (Å²) in [6.07, 6.45) is 5.56. The molecule has 1 saturated heterocycles. The standard InChI is InChI=1S/C14H23ClN2S/c1-12(13-10-14(15)18-11-13)16-6-9-17-7-4-2-3-5-8-17/h10-12,16H,2-9H2,1H3. The zero-order valence-corrected chi connectivity index (χ0v) is 12.7. The van der Waals surface area contributed by atoms with Gasteiger partial charge in [-0.2, -0.15) is 0 Å². The molecule has 2 heterocycles. The predicted molar refractivity (Wildman–Crippen MR) is 80.7 cm³/mol. The van der Waals surface area contributed by atoms with Gasteiger partial charge in [0.05, 0.1) is 4.34 Å². The van der Waals surface area contributed by atoms with Crippen LogP contribution in [-0.2, 0) is 0 Å². The lowest BCUT2D eigenvalue weighted by Gasteiger charge is -2.21. The number of likely N-dealkylation sites (tertiary alicyclic amines) is 1. The largest absolute Gasteiger partial charge is 0.309 e. The van der Waals surface area contributed by atoms with Gasteiger partial charge in [0.1, 0.15) is 0 Å². The lowest BCUT2D eigenvalue weighted by molar-refractivity contribution is 0.280. The third-order valence-electron chi connectivity index (χ3n) is 3.66. The lowest BCUT2D eigenvalue weighted by atomic mass is 10.2. The van der Waals surface area contributed by atoms with Gasteiger partial charge in [0.25, 0.3) is 0 Å². The minimum Gasteiger partial charge on any atom is -0.309 e. The number of hydrogen-bond donors (Lipinski definition) is 1. The van der Waals surface area contributed by atoms with E-state index < -0.39 is 0 Å². The van der Waals surface area contributed by atoms with Crippen LogP contribution >= 0.6 is 22.9 Å². The normalized spacial score (nSPS) is 19.7. The number of hydrogen-bond acceptors (Lipinski definition) is 3. The fourth-order valence-electron chi connectivity index (χ4n) is 2.47. The van der Waals surface area contributed by atoms with Crippen molar-refractivity contribution in [2.24, 2.45) is 0 Å². The number of thiophene rings is 1. The second-order valence-corrected chi connectivity index (χ2v) is 6.66. The summed E-state index contributed by atoms with van der Waals surface area (Å²) in [6.45, 7) is 7.00. The van der Waals surface area contributed by atoms with Crippen LogP contribution in [0.2, 0.25) is 4.34 Å². The zero-order chi connectivity index (χ0) is 12.8. The Morgan fingerprint density at radius 3 is 2.67 bits per heavy atom. The topological polar surface area (TPSA) is 15.3 Å². The smallest absolute Gasteiger partial charge is 0.0931 e. The highest BCUT2D eigenvalue weighted by atomic mass is 35.5. The van der Waals surface area contributed by atoms with Crippen molar-refractivity contribution in [3.8, 4) is 0 Å². The first kappa shape index (κ1) is 14.3.